The Morgan fingerprint density at radius 2 is 1.73 bits per heavy atom. The summed E-state index contributed by atoms with van der Waals surface area (Å²) in [7, 11) is 0. The van der Waals surface area contributed by atoms with Gasteiger partial charge >= 0.3 is 0 Å². The number of benzene rings is 2. The third kappa shape index (κ3) is 4.97. The van der Waals surface area contributed by atoms with Crippen molar-refractivity contribution in [1.82, 2.24) is 5.32 Å². The van der Waals surface area contributed by atoms with Gasteiger partial charge in [0.1, 0.15) is 18.1 Å². The van der Waals surface area contributed by atoms with E-state index in [1.54, 1.807) is 24.3 Å². The number of halogens is 1. The number of ether oxygens (including phenoxy) is 2. The van der Waals surface area contributed by atoms with Crippen LogP contribution in [-0.4, -0.2) is 25.7 Å². The van der Waals surface area contributed by atoms with E-state index in [0.29, 0.717) is 23.9 Å². The largest absolute Gasteiger partial charge is 0.491 e. The second-order valence-electron chi connectivity index (χ2n) is 4.68. The fraction of sp³-hybridized carbons (Fsp3) is 0.235. The summed E-state index contributed by atoms with van der Waals surface area (Å²) in [5.74, 6) is 1.10. The van der Waals surface area contributed by atoms with Crippen molar-refractivity contribution < 1.29 is 14.3 Å². The second-order valence-corrected chi connectivity index (χ2v) is 5.09. The van der Waals surface area contributed by atoms with Crippen molar-refractivity contribution in [3.05, 3.63) is 59.1 Å². The fourth-order valence-corrected chi connectivity index (χ4v) is 2.02. The molecule has 0 unspecified atom stereocenters. The van der Waals surface area contributed by atoms with Crippen molar-refractivity contribution in [2.45, 2.75) is 6.92 Å². The van der Waals surface area contributed by atoms with Gasteiger partial charge in [0.2, 0.25) is 0 Å². The van der Waals surface area contributed by atoms with Crippen LogP contribution in [0.2, 0.25) is 5.02 Å². The molecule has 2 aromatic rings. The summed E-state index contributed by atoms with van der Waals surface area (Å²) in [6, 6.07) is 14.8. The van der Waals surface area contributed by atoms with Gasteiger partial charge in [-0.1, -0.05) is 41.9 Å². The van der Waals surface area contributed by atoms with Gasteiger partial charge < -0.3 is 14.8 Å². The van der Waals surface area contributed by atoms with E-state index < -0.39 is 0 Å². The van der Waals surface area contributed by atoms with Crippen molar-refractivity contribution in [1.29, 1.82) is 0 Å². The van der Waals surface area contributed by atoms with E-state index in [1.807, 2.05) is 31.2 Å². The molecule has 0 aliphatic carbocycles. The van der Waals surface area contributed by atoms with Gasteiger partial charge in [0.25, 0.3) is 5.91 Å². The topological polar surface area (TPSA) is 47.6 Å². The third-order valence-corrected chi connectivity index (χ3v) is 3.28. The standard InChI is InChI=1S/C17H18ClNO3/c1-13-6-2-4-8-15(13)21-11-10-19-17(20)12-22-16-9-5-3-7-14(16)18/h2-9H,10-12H2,1H3,(H,19,20). The summed E-state index contributed by atoms with van der Waals surface area (Å²) in [6.45, 7) is 2.72. The van der Waals surface area contributed by atoms with Crippen LogP contribution in [0.3, 0.4) is 0 Å². The Morgan fingerprint density at radius 1 is 1.05 bits per heavy atom. The number of para-hydroxylation sites is 2. The van der Waals surface area contributed by atoms with Gasteiger partial charge in [-0.25, -0.2) is 0 Å². The highest BCUT2D eigenvalue weighted by molar-refractivity contribution is 6.32. The highest BCUT2D eigenvalue weighted by Gasteiger charge is 2.05. The van der Waals surface area contributed by atoms with E-state index in [9.17, 15) is 4.79 Å². The first-order valence-corrected chi connectivity index (χ1v) is 7.37. The molecule has 22 heavy (non-hydrogen) atoms. The fourth-order valence-electron chi connectivity index (χ4n) is 1.83. The summed E-state index contributed by atoms with van der Waals surface area (Å²) < 4.78 is 10.9. The molecule has 0 bridgehead atoms. The number of aryl methyl sites for hydroxylation is 1. The Morgan fingerprint density at radius 3 is 2.45 bits per heavy atom. The van der Waals surface area contributed by atoms with E-state index in [0.717, 1.165) is 11.3 Å². The van der Waals surface area contributed by atoms with Gasteiger partial charge in [-0.15, -0.1) is 0 Å². The molecule has 0 saturated carbocycles. The smallest absolute Gasteiger partial charge is 0.258 e. The van der Waals surface area contributed by atoms with Gasteiger partial charge in [-0.2, -0.15) is 0 Å². The average Bonchev–Trinajstić information content (AvgIpc) is 2.52. The Bertz CT molecular complexity index is 631. The molecule has 2 rings (SSSR count). The number of hydrogen-bond donors (Lipinski definition) is 1. The minimum absolute atomic E-state index is 0.0753. The molecule has 116 valence electrons. The second kappa shape index (κ2) is 8.29. The van der Waals surface area contributed by atoms with Crippen LogP contribution in [0.5, 0.6) is 11.5 Å². The zero-order valence-corrected chi connectivity index (χ0v) is 13.1. The van der Waals surface area contributed by atoms with Gasteiger partial charge in [-0.05, 0) is 30.7 Å². The Hall–Kier alpha value is -2.20. The lowest BCUT2D eigenvalue weighted by Crippen LogP contribution is -2.32. The number of hydrogen-bond acceptors (Lipinski definition) is 3. The Labute approximate surface area is 135 Å². The SMILES string of the molecule is Cc1ccccc1OCCNC(=O)COc1ccccc1Cl. The molecule has 0 spiro atoms. The van der Waals surface area contributed by atoms with Crippen LogP contribution in [0.15, 0.2) is 48.5 Å². The summed E-state index contributed by atoms with van der Waals surface area (Å²) in [6.07, 6.45) is 0. The van der Waals surface area contributed by atoms with Crippen molar-refractivity contribution in [3.8, 4) is 11.5 Å². The van der Waals surface area contributed by atoms with Crippen LogP contribution < -0.4 is 14.8 Å². The molecule has 0 atom stereocenters. The van der Waals surface area contributed by atoms with Crippen LogP contribution in [0, 0.1) is 6.92 Å². The van der Waals surface area contributed by atoms with Crippen LogP contribution in [-0.2, 0) is 4.79 Å². The molecule has 5 heteroatoms. The molecule has 0 aromatic heterocycles. The summed E-state index contributed by atoms with van der Waals surface area (Å²) >= 11 is 5.94. The molecular formula is C17H18ClNO3. The Balaban J connectivity index is 1.66. The molecule has 1 amide bonds. The summed E-state index contributed by atoms with van der Waals surface area (Å²) in [5.41, 5.74) is 1.07. The minimum Gasteiger partial charge on any atom is -0.491 e. The first kappa shape index (κ1) is 16.2. The van der Waals surface area contributed by atoms with Gasteiger partial charge in [0, 0.05) is 0 Å². The van der Waals surface area contributed by atoms with Crippen molar-refractivity contribution in [3.63, 3.8) is 0 Å². The molecule has 0 aliphatic rings. The summed E-state index contributed by atoms with van der Waals surface area (Å²) in [5, 5.41) is 3.21. The molecule has 0 aliphatic heterocycles. The molecule has 1 N–H and O–H groups in total. The maximum atomic E-state index is 11.7. The highest BCUT2D eigenvalue weighted by atomic mass is 35.5. The van der Waals surface area contributed by atoms with Gasteiger partial charge in [-0.3, -0.25) is 4.79 Å². The van der Waals surface area contributed by atoms with Crippen LogP contribution >= 0.6 is 11.6 Å². The monoisotopic (exact) mass is 319 g/mol. The number of carbonyl (C=O) groups excluding carboxylic acids is 1. The van der Waals surface area contributed by atoms with E-state index in [4.69, 9.17) is 21.1 Å². The van der Waals surface area contributed by atoms with Gasteiger partial charge in [0.05, 0.1) is 11.6 Å². The Kier molecular flexibility index (Phi) is 6.10. The van der Waals surface area contributed by atoms with E-state index in [1.165, 1.54) is 0 Å². The zero-order chi connectivity index (χ0) is 15.8. The molecule has 2 aromatic carbocycles. The van der Waals surface area contributed by atoms with E-state index in [2.05, 4.69) is 5.32 Å². The number of carbonyl (C=O) groups is 1. The first-order valence-electron chi connectivity index (χ1n) is 6.99. The normalized spacial score (nSPS) is 10.1. The average molecular weight is 320 g/mol. The molecule has 0 radical (unpaired) electrons. The summed E-state index contributed by atoms with van der Waals surface area (Å²) in [4.78, 5) is 11.7. The first-order chi connectivity index (χ1) is 10.7. The molecule has 0 saturated heterocycles. The molecular weight excluding hydrogens is 302 g/mol. The number of nitrogens with one attached hydrogen (secondary N) is 1. The van der Waals surface area contributed by atoms with Gasteiger partial charge in [0.15, 0.2) is 6.61 Å². The third-order valence-electron chi connectivity index (χ3n) is 2.97. The lowest BCUT2D eigenvalue weighted by Gasteiger charge is -2.10. The highest BCUT2D eigenvalue weighted by Crippen LogP contribution is 2.22. The number of rotatable bonds is 7. The molecule has 0 heterocycles. The van der Waals surface area contributed by atoms with Crippen molar-refractivity contribution in [2.24, 2.45) is 0 Å². The lowest BCUT2D eigenvalue weighted by atomic mass is 10.2. The van der Waals surface area contributed by atoms with Crippen molar-refractivity contribution >= 4 is 17.5 Å². The predicted molar refractivity (Wildman–Crippen MR) is 86.6 cm³/mol. The minimum atomic E-state index is -0.215. The van der Waals surface area contributed by atoms with Crippen LogP contribution in [0.4, 0.5) is 0 Å². The predicted octanol–water partition coefficient (Wildman–Crippen LogP) is 3.22. The molecule has 0 fully saturated rings. The van der Waals surface area contributed by atoms with E-state index >= 15 is 0 Å². The molecule has 4 nitrogen and oxygen atoms in total. The van der Waals surface area contributed by atoms with Crippen LogP contribution in [0.25, 0.3) is 0 Å². The maximum absolute atomic E-state index is 11.7. The lowest BCUT2D eigenvalue weighted by molar-refractivity contribution is -0.123. The van der Waals surface area contributed by atoms with Crippen LogP contribution in [0.1, 0.15) is 5.56 Å². The van der Waals surface area contributed by atoms with E-state index in [-0.39, 0.29) is 12.5 Å². The zero-order valence-electron chi connectivity index (χ0n) is 12.3. The maximum Gasteiger partial charge on any atom is 0.258 e. The number of amides is 1. The van der Waals surface area contributed by atoms with Crippen molar-refractivity contribution in [2.75, 3.05) is 19.8 Å². The quantitative estimate of drug-likeness (QED) is 0.797.